The molecule has 0 rings (SSSR count). The second-order valence-corrected chi connectivity index (χ2v) is 11.2. The van der Waals surface area contributed by atoms with Gasteiger partial charge in [-0.2, -0.15) is 0 Å². The van der Waals surface area contributed by atoms with E-state index in [-0.39, 0.29) is 93.0 Å². The smallest absolute Gasteiger partial charge is 0.790 e. The molecule has 0 bridgehead atoms. The predicted octanol–water partition coefficient (Wildman–Crippen LogP) is 0.392. The number of aliphatic hydroxyl groups is 1. The molecule has 270 valence electrons. The van der Waals surface area contributed by atoms with Crippen LogP contribution in [0.15, 0.2) is 0 Å². The maximum atomic E-state index is 11.8. The van der Waals surface area contributed by atoms with E-state index in [1.54, 1.807) is 6.92 Å². The Bertz CT molecular complexity index is 1420. The number of thioether (sulfide) groups is 1. The summed E-state index contributed by atoms with van der Waals surface area (Å²) < 4.78 is 24.3. The zero-order chi connectivity index (χ0) is 34.6. The molecule has 0 amide bonds. The predicted molar refractivity (Wildman–Crippen MR) is 199 cm³/mol. The zero-order valence-corrected chi connectivity index (χ0v) is 34.5. The number of unbranched alkanes of at least 4 members (excludes halogenated alkanes) is 10. The van der Waals surface area contributed by atoms with Gasteiger partial charge in [0.25, 0.3) is 0 Å². The van der Waals surface area contributed by atoms with Crippen molar-refractivity contribution in [3.63, 3.8) is 0 Å². The van der Waals surface area contributed by atoms with Crippen molar-refractivity contribution in [1.82, 2.24) is 0 Å². The van der Waals surface area contributed by atoms with Crippen LogP contribution >= 0.6 is 19.6 Å². The molecule has 0 aromatic carbocycles. The fourth-order valence-corrected chi connectivity index (χ4v) is 3.75. The van der Waals surface area contributed by atoms with E-state index in [0.29, 0.717) is 6.42 Å². The van der Waals surface area contributed by atoms with E-state index in [0.717, 1.165) is 31.0 Å². The molecule has 0 aromatic rings. The maximum absolute atomic E-state index is 11.8. The molecule has 1 atom stereocenters. The first kappa shape index (κ1) is 53.2. The minimum absolute atomic E-state index is 0. The third kappa shape index (κ3) is 48.8. The van der Waals surface area contributed by atoms with Crippen molar-refractivity contribution in [2.24, 2.45) is 0 Å². The van der Waals surface area contributed by atoms with E-state index in [1.165, 1.54) is 51.9 Å². The van der Waals surface area contributed by atoms with Crippen LogP contribution in [-0.2, 0) is 28.2 Å². The Hall–Kier alpha value is -1.56. The molecule has 0 fully saturated rings. The van der Waals surface area contributed by atoms with Gasteiger partial charge in [-0.1, -0.05) is 77.1 Å². The number of hydrogen-bond donors (Lipinski definition) is 1. The summed E-state index contributed by atoms with van der Waals surface area (Å²) in [5.41, 5.74) is 0. The van der Waals surface area contributed by atoms with Gasteiger partial charge in [0.15, 0.2) is 5.12 Å². The number of phosphoric ester groups is 1. The first-order valence-corrected chi connectivity index (χ1v) is 17.1. The second-order valence-electron chi connectivity index (χ2n) is 9.09. The number of esters is 1. The molecule has 0 aromatic heterocycles. The number of carbonyl (C=O) groups excluding carboxylic acids is 2. The largest absolute Gasteiger partial charge is 1.00 e. The molecule has 0 heterocycles. The Balaban J connectivity index is -0.0000000427. The van der Waals surface area contributed by atoms with Gasteiger partial charge < -0.3 is 33.5 Å². The van der Waals surface area contributed by atoms with Crippen molar-refractivity contribution in [1.29, 1.82) is 0 Å². The number of rotatable bonds is 19. The molecule has 0 aliphatic rings. The molecule has 0 saturated carbocycles. The van der Waals surface area contributed by atoms with Gasteiger partial charge in [0, 0.05) is 40.8 Å². The Morgan fingerprint density at radius 3 is 1.60 bits per heavy atom. The summed E-state index contributed by atoms with van der Waals surface area (Å²) in [6.45, 7) is 3.86. The molecule has 13 heteroatoms. The van der Waals surface area contributed by atoms with E-state index in [9.17, 15) is 23.9 Å². The van der Waals surface area contributed by atoms with Gasteiger partial charge in [0.1, 0.15) is 12.9 Å². The number of phosphoric acid groups is 1. The van der Waals surface area contributed by atoms with Gasteiger partial charge in [-0.05, 0) is 89.6 Å². The van der Waals surface area contributed by atoms with Gasteiger partial charge in [-0.15, -0.1) is 0 Å². The summed E-state index contributed by atoms with van der Waals surface area (Å²) in [5.74, 6) is 32.0. The van der Waals surface area contributed by atoms with Crippen LogP contribution in [0.1, 0.15) is 114 Å². The SMILES string of the molecule is CC#CC#CC#CC#CC#CC#CC#CSC(C)=O.CCCCCCCCCCCCCC(=O)O[C@@H](COCO)COP(=O)([O-])[O-].[HH].[HH].[HH].[HH].[HH].[HH].[HH].[HH].[HH].[HH].[HH].[Na+].[Na+]. The maximum Gasteiger partial charge on any atom is 1.00 e. The molecular weight excluding hydrogens is 673 g/mol. The van der Waals surface area contributed by atoms with Crippen molar-refractivity contribution < 1.29 is 118 Å². The van der Waals surface area contributed by atoms with E-state index in [4.69, 9.17) is 9.84 Å². The van der Waals surface area contributed by atoms with Gasteiger partial charge in [-0.3, -0.25) is 9.59 Å². The molecule has 1 N–H and O–H groups in total. The Labute approximate surface area is 352 Å². The molecular formula is C35H63Na2O9PS. The average molecular weight is 737 g/mol. The van der Waals surface area contributed by atoms with Crippen molar-refractivity contribution in [2.75, 3.05) is 20.0 Å². The van der Waals surface area contributed by atoms with Gasteiger partial charge in [-0.25, -0.2) is 0 Å². The average Bonchev–Trinajstić information content (AvgIpc) is 3.01. The van der Waals surface area contributed by atoms with Crippen LogP contribution in [0.2, 0.25) is 0 Å². The summed E-state index contributed by atoms with van der Waals surface area (Å²) in [7, 11) is -5.15. The van der Waals surface area contributed by atoms with Crippen LogP contribution in [0.5, 0.6) is 0 Å². The monoisotopic (exact) mass is 736 g/mol. The van der Waals surface area contributed by atoms with Gasteiger partial charge >= 0.3 is 65.1 Å². The molecule has 0 radical (unpaired) electrons. The molecule has 0 saturated heterocycles. The molecule has 9 nitrogen and oxygen atoms in total. The third-order valence-electron chi connectivity index (χ3n) is 5.15. The van der Waals surface area contributed by atoms with Crippen LogP contribution in [-0.4, -0.2) is 42.3 Å². The number of hydrogen-bond acceptors (Lipinski definition) is 10. The van der Waals surface area contributed by atoms with E-state index >= 15 is 0 Å². The summed E-state index contributed by atoms with van der Waals surface area (Å²) in [4.78, 5) is 43.3. The second kappa shape index (κ2) is 41.6. The minimum Gasteiger partial charge on any atom is -0.790 e. The number of carbonyl (C=O) groups is 2. The third-order valence-corrected chi connectivity index (χ3v) is 6.11. The normalized spacial score (nSPS) is 9.21. The Morgan fingerprint density at radius 1 is 0.750 bits per heavy atom. The van der Waals surface area contributed by atoms with Crippen molar-refractivity contribution in [3.8, 4) is 82.2 Å². The first-order chi connectivity index (χ1) is 22.2. The summed E-state index contributed by atoms with van der Waals surface area (Å²) in [6.07, 6.45) is 12.0. The van der Waals surface area contributed by atoms with Crippen molar-refractivity contribution in [2.45, 2.75) is 104 Å². The molecule has 48 heavy (non-hydrogen) atoms. The Morgan fingerprint density at radius 2 is 1.19 bits per heavy atom. The number of ether oxygens (including phenoxy) is 2. The summed E-state index contributed by atoms with van der Waals surface area (Å²) in [6, 6.07) is 0. The molecule has 0 aliphatic heterocycles. The van der Waals surface area contributed by atoms with Crippen LogP contribution in [0, 0.1) is 82.2 Å². The molecule has 0 aliphatic carbocycles. The quantitative estimate of drug-likeness (QED) is 0.0494. The van der Waals surface area contributed by atoms with Crippen LogP contribution in [0.25, 0.3) is 0 Å². The van der Waals surface area contributed by atoms with E-state index < -0.39 is 33.3 Å². The van der Waals surface area contributed by atoms with E-state index in [2.05, 4.69) is 98.4 Å². The summed E-state index contributed by atoms with van der Waals surface area (Å²) in [5, 5.41) is 11.1. The minimum atomic E-state index is -5.15. The first-order valence-electron chi connectivity index (χ1n) is 14.8. The fraction of sp³-hybridized carbons (Fsp3) is 0.543. The van der Waals surface area contributed by atoms with Crippen molar-refractivity contribution >= 4 is 30.7 Å². The van der Waals surface area contributed by atoms with Crippen LogP contribution in [0.4, 0.5) is 0 Å². The molecule has 0 spiro atoms. The van der Waals surface area contributed by atoms with Gasteiger partial charge in [0.05, 0.1) is 21.0 Å². The van der Waals surface area contributed by atoms with Crippen LogP contribution in [0.3, 0.4) is 0 Å². The standard InChI is InChI=1S/C18H37O8P.C17H6OS.2Na.11H2/c1-2-3-4-5-6-7-8-9-10-11-12-13-18(20)26-17(14-24-16-19)15-25-27(21,22)23;1-3-4-5-6-7-8-9-10-11-12-13-14-15-16-19-17(2)18;;;;;;;;;;;;;/h17,19H,2-16H2,1H3,(H2,21,22,23);1-2H3;;;11*1H/q;;2*+1;;;;;;;;;;;/p-2/t17-;;;;;;;;;;;;;;/m0............../s1. The zero-order valence-electron chi connectivity index (χ0n) is 28.8. The fourth-order valence-electron chi connectivity index (χ4n) is 3.15. The number of aliphatic hydroxyl groups excluding tert-OH is 1. The van der Waals surface area contributed by atoms with Gasteiger partial charge in [0.2, 0.25) is 0 Å². The van der Waals surface area contributed by atoms with E-state index in [1.807, 2.05) is 0 Å². The Kier molecular flexibility index (Phi) is 46.2. The topological polar surface area (TPSA) is 145 Å². The summed E-state index contributed by atoms with van der Waals surface area (Å²) >= 11 is 0.895. The molecule has 0 unspecified atom stereocenters. The van der Waals surface area contributed by atoms with Crippen molar-refractivity contribution in [3.05, 3.63) is 0 Å². The van der Waals surface area contributed by atoms with Crippen LogP contribution < -0.4 is 68.9 Å².